The van der Waals surface area contributed by atoms with Crippen LogP contribution in [0, 0.1) is 0 Å². The summed E-state index contributed by atoms with van der Waals surface area (Å²) in [5, 5.41) is 17.2. The zero-order chi connectivity index (χ0) is 20.3. The number of benzene rings is 1. The van der Waals surface area contributed by atoms with E-state index in [0.717, 1.165) is 25.1 Å². The standard InChI is InChI=1S/C21H28N4O3/c1-14(2)16-7-9-17(10-8-16)25-13-18(26)20(23-25)21(28)22-12-15(3)24-11-5-4-6-19(24)27/h7-10,13-15,26H,4-6,11-12H2,1-3H3,(H,22,28)/t15-/m0/s1. The molecule has 1 fully saturated rings. The van der Waals surface area contributed by atoms with Crippen molar-refractivity contribution in [3.05, 3.63) is 41.7 Å². The number of nitrogens with zero attached hydrogens (tertiary/aromatic N) is 3. The van der Waals surface area contributed by atoms with Crippen molar-refractivity contribution in [1.82, 2.24) is 20.0 Å². The first-order chi connectivity index (χ1) is 13.4. The van der Waals surface area contributed by atoms with Gasteiger partial charge in [0.05, 0.1) is 11.9 Å². The summed E-state index contributed by atoms with van der Waals surface area (Å²) in [5.74, 6) is -0.0707. The van der Waals surface area contributed by atoms with E-state index in [-0.39, 0.29) is 23.4 Å². The topological polar surface area (TPSA) is 87.5 Å². The number of hydrogen-bond donors (Lipinski definition) is 2. The van der Waals surface area contributed by atoms with Crippen LogP contribution in [0.4, 0.5) is 0 Å². The van der Waals surface area contributed by atoms with E-state index in [1.165, 1.54) is 16.4 Å². The van der Waals surface area contributed by atoms with Crippen LogP contribution in [0.25, 0.3) is 5.69 Å². The first kappa shape index (κ1) is 19.9. The molecule has 7 heteroatoms. The highest BCUT2D eigenvalue weighted by Gasteiger charge is 2.24. The van der Waals surface area contributed by atoms with Crippen molar-refractivity contribution < 1.29 is 14.7 Å². The first-order valence-corrected chi connectivity index (χ1v) is 9.83. The third kappa shape index (κ3) is 4.35. The van der Waals surface area contributed by atoms with E-state index in [1.807, 2.05) is 31.2 Å². The number of hydrogen-bond acceptors (Lipinski definition) is 4. The van der Waals surface area contributed by atoms with Gasteiger partial charge in [-0.2, -0.15) is 5.10 Å². The first-order valence-electron chi connectivity index (χ1n) is 9.83. The number of amides is 2. The van der Waals surface area contributed by atoms with Crippen LogP contribution in [-0.2, 0) is 4.79 Å². The molecule has 1 atom stereocenters. The fourth-order valence-corrected chi connectivity index (χ4v) is 3.40. The highest BCUT2D eigenvalue weighted by molar-refractivity contribution is 5.94. The molecule has 1 aromatic carbocycles. The molecule has 3 rings (SSSR count). The van der Waals surface area contributed by atoms with Crippen LogP contribution in [0.5, 0.6) is 5.75 Å². The number of likely N-dealkylation sites (tertiary alicyclic amines) is 1. The summed E-state index contributed by atoms with van der Waals surface area (Å²) in [7, 11) is 0. The lowest BCUT2D eigenvalue weighted by molar-refractivity contribution is -0.135. The third-order valence-corrected chi connectivity index (χ3v) is 5.18. The van der Waals surface area contributed by atoms with Crippen LogP contribution in [0.15, 0.2) is 30.5 Å². The smallest absolute Gasteiger partial charge is 0.275 e. The Morgan fingerprint density at radius 3 is 2.57 bits per heavy atom. The van der Waals surface area contributed by atoms with E-state index in [0.29, 0.717) is 18.9 Å². The fraction of sp³-hybridized carbons (Fsp3) is 0.476. The molecule has 1 aliphatic rings. The molecule has 1 aliphatic heterocycles. The van der Waals surface area contributed by atoms with Gasteiger partial charge in [-0.05, 0) is 43.4 Å². The zero-order valence-corrected chi connectivity index (χ0v) is 16.7. The SMILES string of the molecule is CC(C)c1ccc(-n2cc(O)c(C(=O)NC[C@H](C)N3CCCCC3=O)n2)cc1. The van der Waals surface area contributed by atoms with Crippen LogP contribution >= 0.6 is 0 Å². The Kier molecular flexibility index (Phi) is 6.02. The average Bonchev–Trinajstić information content (AvgIpc) is 3.08. The number of carbonyl (C=O) groups is 2. The van der Waals surface area contributed by atoms with E-state index >= 15 is 0 Å². The molecule has 0 radical (unpaired) electrons. The number of carbonyl (C=O) groups excluding carboxylic acids is 2. The summed E-state index contributed by atoms with van der Waals surface area (Å²) >= 11 is 0. The molecule has 1 aromatic heterocycles. The van der Waals surface area contributed by atoms with Gasteiger partial charge in [0, 0.05) is 25.6 Å². The Morgan fingerprint density at radius 2 is 1.93 bits per heavy atom. The summed E-state index contributed by atoms with van der Waals surface area (Å²) < 4.78 is 1.49. The molecule has 0 unspecified atom stereocenters. The van der Waals surface area contributed by atoms with Gasteiger partial charge in [0.1, 0.15) is 0 Å². The van der Waals surface area contributed by atoms with Crippen molar-refractivity contribution in [2.75, 3.05) is 13.1 Å². The van der Waals surface area contributed by atoms with Crippen molar-refractivity contribution in [3.63, 3.8) is 0 Å². The van der Waals surface area contributed by atoms with Gasteiger partial charge in [-0.3, -0.25) is 9.59 Å². The molecule has 0 aliphatic carbocycles. The second-order valence-corrected chi connectivity index (χ2v) is 7.66. The Balaban J connectivity index is 1.65. The van der Waals surface area contributed by atoms with Crippen molar-refractivity contribution >= 4 is 11.8 Å². The van der Waals surface area contributed by atoms with Crippen molar-refractivity contribution in [2.24, 2.45) is 0 Å². The minimum absolute atomic E-state index is 0.0230. The van der Waals surface area contributed by atoms with Crippen LogP contribution in [0.2, 0.25) is 0 Å². The molecule has 2 N–H and O–H groups in total. The largest absolute Gasteiger partial charge is 0.504 e. The van der Waals surface area contributed by atoms with Crippen molar-refractivity contribution in [1.29, 1.82) is 0 Å². The summed E-state index contributed by atoms with van der Waals surface area (Å²) in [4.78, 5) is 26.3. The summed E-state index contributed by atoms with van der Waals surface area (Å²) in [6, 6.07) is 7.75. The number of piperidine rings is 1. The maximum absolute atomic E-state index is 12.5. The second kappa shape index (κ2) is 8.46. The van der Waals surface area contributed by atoms with Crippen molar-refractivity contribution in [3.8, 4) is 11.4 Å². The predicted octanol–water partition coefficient (Wildman–Crippen LogP) is 2.83. The summed E-state index contributed by atoms with van der Waals surface area (Å²) in [6.07, 6.45) is 3.92. The van der Waals surface area contributed by atoms with Gasteiger partial charge in [-0.25, -0.2) is 4.68 Å². The molecule has 2 aromatic rings. The number of nitrogens with one attached hydrogen (secondary N) is 1. The Labute approximate surface area is 165 Å². The van der Waals surface area contributed by atoms with E-state index in [9.17, 15) is 14.7 Å². The molecule has 0 bridgehead atoms. The van der Waals surface area contributed by atoms with Gasteiger partial charge in [0.2, 0.25) is 5.91 Å². The number of aromatic nitrogens is 2. The Morgan fingerprint density at radius 1 is 1.21 bits per heavy atom. The number of aromatic hydroxyl groups is 1. The maximum atomic E-state index is 12.5. The van der Waals surface area contributed by atoms with E-state index in [1.54, 1.807) is 4.90 Å². The second-order valence-electron chi connectivity index (χ2n) is 7.66. The Bertz CT molecular complexity index is 842. The monoisotopic (exact) mass is 384 g/mol. The average molecular weight is 384 g/mol. The van der Waals surface area contributed by atoms with Crippen LogP contribution < -0.4 is 5.32 Å². The fourth-order valence-electron chi connectivity index (χ4n) is 3.40. The molecule has 2 heterocycles. The lowest BCUT2D eigenvalue weighted by Crippen LogP contribution is -2.47. The molecule has 2 amide bonds. The predicted molar refractivity (Wildman–Crippen MR) is 107 cm³/mol. The lowest BCUT2D eigenvalue weighted by atomic mass is 10.0. The molecule has 7 nitrogen and oxygen atoms in total. The van der Waals surface area contributed by atoms with Crippen LogP contribution in [0.3, 0.4) is 0 Å². The van der Waals surface area contributed by atoms with E-state index in [4.69, 9.17) is 0 Å². The van der Waals surface area contributed by atoms with Crippen LogP contribution in [-0.4, -0.2) is 50.7 Å². The molecular formula is C21H28N4O3. The number of rotatable bonds is 6. The zero-order valence-electron chi connectivity index (χ0n) is 16.7. The normalized spacial score (nSPS) is 15.7. The maximum Gasteiger partial charge on any atom is 0.275 e. The molecule has 1 saturated heterocycles. The molecule has 0 spiro atoms. The van der Waals surface area contributed by atoms with Gasteiger partial charge in [-0.1, -0.05) is 26.0 Å². The minimum Gasteiger partial charge on any atom is -0.504 e. The molecular weight excluding hydrogens is 356 g/mol. The van der Waals surface area contributed by atoms with E-state index < -0.39 is 5.91 Å². The summed E-state index contributed by atoms with van der Waals surface area (Å²) in [6.45, 7) is 7.20. The highest BCUT2D eigenvalue weighted by Crippen LogP contribution is 2.21. The van der Waals surface area contributed by atoms with Gasteiger partial charge < -0.3 is 15.3 Å². The van der Waals surface area contributed by atoms with Gasteiger partial charge in [0.15, 0.2) is 11.4 Å². The van der Waals surface area contributed by atoms with E-state index in [2.05, 4.69) is 24.3 Å². The Hall–Kier alpha value is -2.83. The van der Waals surface area contributed by atoms with Crippen LogP contribution in [0.1, 0.15) is 62.0 Å². The highest BCUT2D eigenvalue weighted by atomic mass is 16.3. The summed E-state index contributed by atoms with van der Waals surface area (Å²) in [5.41, 5.74) is 1.95. The minimum atomic E-state index is -0.452. The quantitative estimate of drug-likeness (QED) is 0.802. The molecule has 28 heavy (non-hydrogen) atoms. The van der Waals surface area contributed by atoms with Gasteiger partial charge in [-0.15, -0.1) is 0 Å². The van der Waals surface area contributed by atoms with Gasteiger partial charge >= 0.3 is 0 Å². The lowest BCUT2D eigenvalue weighted by Gasteiger charge is -2.32. The van der Waals surface area contributed by atoms with Crippen molar-refractivity contribution in [2.45, 2.75) is 52.0 Å². The van der Waals surface area contributed by atoms with Gasteiger partial charge in [0.25, 0.3) is 5.91 Å². The molecule has 150 valence electrons. The third-order valence-electron chi connectivity index (χ3n) is 5.18. The molecule has 0 saturated carbocycles.